The minimum atomic E-state index is -1.88. The third kappa shape index (κ3) is 9.32. The molecule has 3 aliphatic heterocycles. The molecule has 25 atom stereocenters. The fourth-order valence-corrected chi connectivity index (χ4v) is 13.0. The molecule has 6 fully saturated rings. The highest BCUT2D eigenvalue weighted by molar-refractivity contribution is 5.88. The van der Waals surface area contributed by atoms with Crippen molar-refractivity contribution in [2.24, 2.45) is 40.4 Å². The zero-order valence-corrected chi connectivity index (χ0v) is 38.3. The number of ether oxygens (including phenoxy) is 6. The number of rotatable bonds is 13. The van der Waals surface area contributed by atoms with E-state index in [4.69, 9.17) is 28.4 Å². The second-order valence-electron chi connectivity index (χ2n) is 20.7. The van der Waals surface area contributed by atoms with Gasteiger partial charge in [0.15, 0.2) is 18.7 Å². The Labute approximate surface area is 384 Å². The summed E-state index contributed by atoms with van der Waals surface area (Å²) in [6.07, 6.45) is -18.6. The molecule has 0 amide bonds. The van der Waals surface area contributed by atoms with Crippen LogP contribution in [0.4, 0.5) is 0 Å². The van der Waals surface area contributed by atoms with E-state index in [1.54, 1.807) is 6.92 Å². The van der Waals surface area contributed by atoms with Crippen LogP contribution < -0.4 is 0 Å². The second-order valence-corrected chi connectivity index (χ2v) is 20.7. The smallest absolute Gasteiger partial charge is 0.336 e. The summed E-state index contributed by atoms with van der Waals surface area (Å²) in [4.78, 5) is 13.7. The Balaban J connectivity index is 0.988. The van der Waals surface area contributed by atoms with E-state index in [-0.39, 0.29) is 41.6 Å². The summed E-state index contributed by atoms with van der Waals surface area (Å²) in [5, 5.41) is 137. The van der Waals surface area contributed by atoms with Gasteiger partial charge in [0.2, 0.25) is 6.29 Å². The Kier molecular flexibility index (Phi) is 16.2. The molecule has 20 heteroatoms. The summed E-state index contributed by atoms with van der Waals surface area (Å²) in [6.45, 7) is 7.59. The highest BCUT2D eigenvalue weighted by Gasteiger charge is 2.62. The van der Waals surface area contributed by atoms with Gasteiger partial charge in [0.25, 0.3) is 0 Å². The average Bonchev–Trinajstić information content (AvgIpc) is 3.65. The SMILES string of the molecule is C/C(C[C@@H](O)[C@H](C)[C@@H]1CC[C@H]2[C@@H]3CC=C4C[C@H](O[C@H]5O[C@@H](CO)[C@H](O)[C@@H](O)[C@@H]5O)C[C@@H](O)[C@@]4(C)[C@@H]3CC[C@@]12C)=C(/C)C(=O)O[C@H]1O[C@@H](CO)[C@H](O)[C@@H](O)[C@@H]1O[C@H]1O[C@@H](CO)[C@H](O)[C@@H](O)[C@@H]1O. The van der Waals surface area contributed by atoms with Crippen LogP contribution in [0.5, 0.6) is 0 Å². The van der Waals surface area contributed by atoms with Gasteiger partial charge < -0.3 is 94.8 Å². The van der Waals surface area contributed by atoms with E-state index < -0.39 is 142 Å². The van der Waals surface area contributed by atoms with E-state index in [1.807, 2.05) is 6.92 Å². The van der Waals surface area contributed by atoms with Gasteiger partial charge in [-0.15, -0.1) is 0 Å². The van der Waals surface area contributed by atoms with Crippen molar-refractivity contribution >= 4 is 5.97 Å². The molecule has 0 spiro atoms. The average molecular weight is 947 g/mol. The summed E-state index contributed by atoms with van der Waals surface area (Å²) in [5.74, 6) is -0.0992. The number of carbonyl (C=O) groups is 1. The number of carbonyl (C=O) groups excluding carboxylic acids is 1. The molecule has 3 saturated heterocycles. The molecular weight excluding hydrogens is 872 g/mol. The van der Waals surface area contributed by atoms with Gasteiger partial charge in [0.05, 0.1) is 38.1 Å². The van der Waals surface area contributed by atoms with Gasteiger partial charge in [0.1, 0.15) is 67.1 Å². The van der Waals surface area contributed by atoms with Crippen LogP contribution >= 0.6 is 0 Å². The minimum absolute atomic E-state index is 0.105. The first-order valence-corrected chi connectivity index (χ1v) is 23.6. The number of aliphatic hydroxyl groups excluding tert-OH is 13. The monoisotopic (exact) mass is 946 g/mol. The van der Waals surface area contributed by atoms with Crippen molar-refractivity contribution in [2.75, 3.05) is 19.8 Å². The molecule has 0 aromatic heterocycles. The van der Waals surface area contributed by atoms with Crippen LogP contribution in [0, 0.1) is 40.4 Å². The molecule has 3 saturated carbocycles. The maximum absolute atomic E-state index is 13.7. The largest absolute Gasteiger partial charge is 0.429 e. The fraction of sp³-hybridized carbons (Fsp3) is 0.891. The first-order valence-electron chi connectivity index (χ1n) is 23.6. The molecule has 20 nitrogen and oxygen atoms in total. The van der Waals surface area contributed by atoms with Crippen LogP contribution in [-0.2, 0) is 33.2 Å². The molecule has 66 heavy (non-hydrogen) atoms. The molecular formula is C46H74O20. The highest BCUT2D eigenvalue weighted by Crippen LogP contribution is 2.67. The number of hydrogen-bond acceptors (Lipinski definition) is 20. The van der Waals surface area contributed by atoms with Gasteiger partial charge in [0, 0.05) is 17.4 Å². The van der Waals surface area contributed by atoms with Crippen LogP contribution in [0.2, 0.25) is 0 Å². The summed E-state index contributed by atoms with van der Waals surface area (Å²) in [5.41, 5.74) is 1.11. The molecule has 0 unspecified atom stereocenters. The van der Waals surface area contributed by atoms with Crippen molar-refractivity contribution < 1.29 is 99.6 Å². The lowest BCUT2D eigenvalue weighted by molar-refractivity contribution is -0.362. The van der Waals surface area contributed by atoms with Crippen LogP contribution in [0.3, 0.4) is 0 Å². The van der Waals surface area contributed by atoms with Crippen LogP contribution in [0.15, 0.2) is 22.8 Å². The normalized spacial score (nSPS) is 49.7. The van der Waals surface area contributed by atoms with Gasteiger partial charge in [-0.1, -0.05) is 38.0 Å². The van der Waals surface area contributed by atoms with Crippen molar-refractivity contribution in [2.45, 2.75) is 196 Å². The first kappa shape index (κ1) is 52.1. The van der Waals surface area contributed by atoms with Crippen molar-refractivity contribution in [3.63, 3.8) is 0 Å². The maximum Gasteiger partial charge on any atom is 0.336 e. The summed E-state index contributed by atoms with van der Waals surface area (Å²) >= 11 is 0. The fourth-order valence-electron chi connectivity index (χ4n) is 13.0. The first-order chi connectivity index (χ1) is 31.1. The molecule has 0 aromatic rings. The predicted molar refractivity (Wildman–Crippen MR) is 226 cm³/mol. The van der Waals surface area contributed by atoms with Gasteiger partial charge in [-0.2, -0.15) is 0 Å². The van der Waals surface area contributed by atoms with Crippen molar-refractivity contribution in [3.05, 3.63) is 22.8 Å². The highest BCUT2D eigenvalue weighted by atomic mass is 16.8. The zero-order chi connectivity index (χ0) is 48.3. The minimum Gasteiger partial charge on any atom is -0.429 e. The number of aliphatic hydroxyl groups is 13. The van der Waals surface area contributed by atoms with E-state index in [1.165, 1.54) is 6.92 Å². The predicted octanol–water partition coefficient (Wildman–Crippen LogP) is -2.39. The Morgan fingerprint density at radius 1 is 0.727 bits per heavy atom. The lowest BCUT2D eigenvalue weighted by Gasteiger charge is -2.60. The Bertz CT molecular complexity index is 1740. The van der Waals surface area contributed by atoms with E-state index in [0.29, 0.717) is 23.8 Å². The molecule has 4 aliphatic carbocycles. The molecule has 7 rings (SSSR count). The Morgan fingerprint density at radius 2 is 1.27 bits per heavy atom. The van der Waals surface area contributed by atoms with Crippen molar-refractivity contribution in [1.29, 1.82) is 0 Å². The number of hydrogen-bond donors (Lipinski definition) is 13. The van der Waals surface area contributed by atoms with Crippen molar-refractivity contribution in [1.82, 2.24) is 0 Å². The summed E-state index contributed by atoms with van der Waals surface area (Å²) in [7, 11) is 0. The maximum atomic E-state index is 13.7. The summed E-state index contributed by atoms with van der Waals surface area (Å²) in [6, 6.07) is 0. The quantitative estimate of drug-likeness (QED) is 0.0521. The second kappa shape index (κ2) is 20.5. The molecule has 3 heterocycles. The molecule has 0 aromatic carbocycles. The van der Waals surface area contributed by atoms with E-state index in [9.17, 15) is 71.2 Å². The Hall–Kier alpha value is -1.77. The zero-order valence-electron chi connectivity index (χ0n) is 38.3. The third-order valence-corrected chi connectivity index (χ3v) is 17.3. The lowest BCUT2D eigenvalue weighted by atomic mass is 9.46. The molecule has 13 N–H and O–H groups in total. The van der Waals surface area contributed by atoms with E-state index in [2.05, 4.69) is 19.9 Å². The van der Waals surface area contributed by atoms with Crippen LogP contribution in [-0.4, -0.2) is 203 Å². The van der Waals surface area contributed by atoms with Crippen LogP contribution in [0.25, 0.3) is 0 Å². The van der Waals surface area contributed by atoms with Gasteiger partial charge in [-0.3, -0.25) is 0 Å². The van der Waals surface area contributed by atoms with E-state index in [0.717, 1.165) is 37.7 Å². The topological polar surface area (TPSA) is 335 Å². The molecule has 378 valence electrons. The molecule has 7 aliphatic rings. The molecule has 0 bridgehead atoms. The van der Waals surface area contributed by atoms with Gasteiger partial charge in [-0.05, 0) is 93.8 Å². The third-order valence-electron chi connectivity index (χ3n) is 17.3. The number of allylic oxidation sites excluding steroid dienone is 1. The lowest BCUT2D eigenvalue weighted by Crippen LogP contribution is -2.64. The van der Waals surface area contributed by atoms with Crippen LogP contribution in [0.1, 0.15) is 86.0 Å². The standard InChI is InChI=1S/C46H74O20/c1-18(19(2)41(60)66-44-40(37(57)34(54)30(17-49)64-44)65-43-39(59)36(56)33(53)29(16-48)63-43)12-27(50)20(3)24-8-9-25-23-7-6-21-13-22(61-42-38(58)35(55)32(52)28(15-47)62-42)14-31(51)46(21,5)26(23)10-11-45(24,25)4/h6,20,22-40,42-44,47-59H,7-17H2,1-5H3/b19-18+/t20-,22+,23+,24+,25+,26-,27-,28+,29+,30+,31-,32+,33+,34+,35-,36-,37-,38+,39+,40+,42+,43-,44-,45+,46-/m1/s1. The van der Waals surface area contributed by atoms with E-state index >= 15 is 0 Å². The van der Waals surface area contributed by atoms with Crippen molar-refractivity contribution in [3.8, 4) is 0 Å². The summed E-state index contributed by atoms with van der Waals surface area (Å²) < 4.78 is 34.1. The van der Waals surface area contributed by atoms with Gasteiger partial charge in [-0.25, -0.2) is 4.79 Å². The Morgan fingerprint density at radius 3 is 1.85 bits per heavy atom. The molecule has 0 radical (unpaired) electrons. The van der Waals surface area contributed by atoms with Gasteiger partial charge >= 0.3 is 5.97 Å². The number of esters is 1. The number of fused-ring (bicyclic) bond motifs is 5.